The van der Waals surface area contributed by atoms with Gasteiger partial charge in [0.25, 0.3) is 0 Å². The Balaban J connectivity index is 0.000000330. The fourth-order valence-corrected chi connectivity index (χ4v) is 4.04. The molecule has 0 aliphatic carbocycles. The molecule has 2 nitrogen and oxygen atoms in total. The highest BCUT2D eigenvalue weighted by Crippen LogP contribution is 2.36. The first-order valence-electron chi connectivity index (χ1n) is 10.4. The Hall–Kier alpha value is -2.61. The summed E-state index contributed by atoms with van der Waals surface area (Å²) in [6.45, 7) is 6.73. The number of carbonyl (C=O) groups is 1. The maximum Gasteiger partial charge on any atom is 0.217 e. The van der Waals surface area contributed by atoms with Gasteiger partial charge in [0.15, 0.2) is 0 Å². The van der Waals surface area contributed by atoms with E-state index in [9.17, 15) is 4.79 Å². The molecule has 0 aromatic heterocycles. The van der Waals surface area contributed by atoms with Gasteiger partial charge in [0.2, 0.25) is 5.91 Å². The SMILES string of the molecule is CCCC(C)C.NC(=O)CCCc1ccc2ccc3cccc4ccc1c2c34. The van der Waals surface area contributed by atoms with E-state index in [1.54, 1.807) is 0 Å². The first-order valence-corrected chi connectivity index (χ1v) is 10.4. The molecule has 0 saturated carbocycles. The van der Waals surface area contributed by atoms with E-state index in [-0.39, 0.29) is 5.91 Å². The molecule has 0 spiro atoms. The molecule has 2 heteroatoms. The standard InChI is InChI=1S/C20H17NO.C6H14/c21-18(22)6-2-3-13-7-8-16-10-9-14-4-1-5-15-11-12-17(13)20(16)19(14)15;1-4-5-6(2)3/h1,4-5,7-12H,2-3,6H2,(H2,21,22);6H,4-5H2,1-3H3. The summed E-state index contributed by atoms with van der Waals surface area (Å²) in [5.41, 5.74) is 6.55. The van der Waals surface area contributed by atoms with Gasteiger partial charge in [0.1, 0.15) is 0 Å². The summed E-state index contributed by atoms with van der Waals surface area (Å²) in [7, 11) is 0. The van der Waals surface area contributed by atoms with Gasteiger partial charge in [-0.15, -0.1) is 0 Å². The molecule has 0 radical (unpaired) electrons. The average molecular weight is 374 g/mol. The number of hydrogen-bond acceptors (Lipinski definition) is 1. The average Bonchev–Trinajstić information content (AvgIpc) is 2.67. The molecule has 0 bridgehead atoms. The number of benzene rings is 4. The second kappa shape index (κ2) is 9.05. The van der Waals surface area contributed by atoms with Gasteiger partial charge in [-0.25, -0.2) is 0 Å². The Morgan fingerprint density at radius 2 is 1.50 bits per heavy atom. The molecule has 0 saturated heterocycles. The summed E-state index contributed by atoms with van der Waals surface area (Å²) < 4.78 is 0. The molecule has 1 amide bonds. The number of carbonyl (C=O) groups excluding carboxylic acids is 1. The van der Waals surface area contributed by atoms with E-state index in [0.717, 1.165) is 18.8 Å². The predicted molar refractivity (Wildman–Crippen MR) is 122 cm³/mol. The van der Waals surface area contributed by atoms with Crippen LogP contribution in [0.3, 0.4) is 0 Å². The van der Waals surface area contributed by atoms with Crippen LogP contribution < -0.4 is 5.73 Å². The van der Waals surface area contributed by atoms with Gasteiger partial charge in [0, 0.05) is 6.42 Å². The van der Waals surface area contributed by atoms with Crippen molar-refractivity contribution in [3.8, 4) is 0 Å². The summed E-state index contributed by atoms with van der Waals surface area (Å²) in [6.07, 6.45) is 4.84. The minimum atomic E-state index is -0.224. The normalized spacial score (nSPS) is 11.3. The highest BCUT2D eigenvalue weighted by Gasteiger charge is 2.10. The Kier molecular flexibility index (Phi) is 6.51. The lowest BCUT2D eigenvalue weighted by Crippen LogP contribution is -2.10. The third-order valence-electron chi connectivity index (χ3n) is 5.35. The second-order valence-corrected chi connectivity index (χ2v) is 8.08. The van der Waals surface area contributed by atoms with Crippen LogP contribution in [0.5, 0.6) is 0 Å². The fourth-order valence-electron chi connectivity index (χ4n) is 4.04. The van der Waals surface area contributed by atoms with Crippen molar-refractivity contribution in [1.82, 2.24) is 0 Å². The first-order chi connectivity index (χ1) is 13.5. The fraction of sp³-hybridized carbons (Fsp3) is 0.346. The lowest BCUT2D eigenvalue weighted by Gasteiger charge is -2.13. The van der Waals surface area contributed by atoms with Crippen molar-refractivity contribution in [3.63, 3.8) is 0 Å². The van der Waals surface area contributed by atoms with Crippen LogP contribution in [0.15, 0.2) is 54.6 Å². The topological polar surface area (TPSA) is 43.1 Å². The van der Waals surface area contributed by atoms with Crippen molar-refractivity contribution >= 4 is 38.2 Å². The zero-order valence-electron chi connectivity index (χ0n) is 17.3. The predicted octanol–water partition coefficient (Wildman–Crippen LogP) is 6.83. The molecule has 2 N–H and O–H groups in total. The minimum absolute atomic E-state index is 0.224. The van der Waals surface area contributed by atoms with Crippen LogP contribution in [0.4, 0.5) is 0 Å². The Bertz CT molecular complexity index is 1050. The third-order valence-corrected chi connectivity index (χ3v) is 5.35. The highest BCUT2D eigenvalue weighted by atomic mass is 16.1. The van der Waals surface area contributed by atoms with Gasteiger partial charge in [-0.05, 0) is 56.6 Å². The first kappa shape index (κ1) is 20.1. The van der Waals surface area contributed by atoms with Crippen molar-refractivity contribution in [2.45, 2.75) is 52.9 Å². The van der Waals surface area contributed by atoms with Crippen molar-refractivity contribution in [3.05, 3.63) is 60.2 Å². The van der Waals surface area contributed by atoms with E-state index in [1.807, 2.05) is 0 Å². The molecule has 0 fully saturated rings. The molecule has 0 atom stereocenters. The molecule has 28 heavy (non-hydrogen) atoms. The number of amides is 1. The molecule has 4 rings (SSSR count). The maximum atomic E-state index is 10.9. The van der Waals surface area contributed by atoms with Crippen LogP contribution in [0.25, 0.3) is 32.3 Å². The van der Waals surface area contributed by atoms with E-state index in [2.05, 4.69) is 75.4 Å². The van der Waals surface area contributed by atoms with Gasteiger partial charge in [0.05, 0.1) is 0 Å². The van der Waals surface area contributed by atoms with E-state index in [4.69, 9.17) is 5.73 Å². The zero-order chi connectivity index (χ0) is 20.1. The molecular formula is C26H31NO. The van der Waals surface area contributed by atoms with Gasteiger partial charge in [-0.2, -0.15) is 0 Å². The Morgan fingerprint density at radius 3 is 2.07 bits per heavy atom. The Morgan fingerprint density at radius 1 is 0.893 bits per heavy atom. The number of nitrogens with two attached hydrogens (primary N) is 1. The van der Waals surface area contributed by atoms with Crippen LogP contribution in [0.1, 0.15) is 52.0 Å². The number of rotatable bonds is 6. The van der Waals surface area contributed by atoms with Crippen LogP contribution >= 0.6 is 0 Å². The monoisotopic (exact) mass is 373 g/mol. The lowest BCUT2D eigenvalue weighted by molar-refractivity contribution is -0.118. The number of aryl methyl sites for hydroxylation is 1. The van der Waals surface area contributed by atoms with E-state index in [0.29, 0.717) is 6.42 Å². The molecule has 0 heterocycles. The van der Waals surface area contributed by atoms with Gasteiger partial charge in [-0.3, -0.25) is 4.79 Å². The van der Waals surface area contributed by atoms with Crippen LogP contribution in [-0.4, -0.2) is 5.91 Å². The quantitative estimate of drug-likeness (QED) is 0.370. The maximum absolute atomic E-state index is 10.9. The summed E-state index contributed by atoms with van der Waals surface area (Å²) >= 11 is 0. The minimum Gasteiger partial charge on any atom is -0.370 e. The van der Waals surface area contributed by atoms with Crippen molar-refractivity contribution in [2.24, 2.45) is 11.7 Å². The largest absolute Gasteiger partial charge is 0.370 e. The summed E-state index contributed by atoms with van der Waals surface area (Å²) in [5.74, 6) is 0.674. The second-order valence-electron chi connectivity index (χ2n) is 8.08. The molecule has 0 aliphatic heterocycles. The summed E-state index contributed by atoms with van der Waals surface area (Å²) in [5, 5.41) is 7.82. The third kappa shape index (κ3) is 4.44. The van der Waals surface area contributed by atoms with Crippen molar-refractivity contribution in [2.75, 3.05) is 0 Å². The van der Waals surface area contributed by atoms with Gasteiger partial charge >= 0.3 is 0 Å². The van der Waals surface area contributed by atoms with Crippen LogP contribution in [0, 0.1) is 5.92 Å². The number of hydrogen-bond donors (Lipinski definition) is 1. The molecule has 146 valence electrons. The molecule has 4 aromatic rings. The van der Waals surface area contributed by atoms with E-state index in [1.165, 1.54) is 50.7 Å². The lowest BCUT2D eigenvalue weighted by atomic mass is 9.90. The van der Waals surface area contributed by atoms with Crippen molar-refractivity contribution < 1.29 is 4.79 Å². The highest BCUT2D eigenvalue weighted by molar-refractivity contribution is 6.23. The molecule has 0 aliphatic rings. The smallest absolute Gasteiger partial charge is 0.217 e. The zero-order valence-corrected chi connectivity index (χ0v) is 17.3. The Labute approximate surface area is 168 Å². The molecule has 0 unspecified atom stereocenters. The molecule has 4 aromatic carbocycles. The summed E-state index contributed by atoms with van der Waals surface area (Å²) in [6, 6.07) is 19.6. The van der Waals surface area contributed by atoms with Crippen molar-refractivity contribution in [1.29, 1.82) is 0 Å². The van der Waals surface area contributed by atoms with Gasteiger partial charge < -0.3 is 5.73 Å². The molecular weight excluding hydrogens is 342 g/mol. The van der Waals surface area contributed by atoms with Crippen LogP contribution in [0.2, 0.25) is 0 Å². The summed E-state index contributed by atoms with van der Waals surface area (Å²) in [4.78, 5) is 10.9. The van der Waals surface area contributed by atoms with Gasteiger partial charge in [-0.1, -0.05) is 88.2 Å². The van der Waals surface area contributed by atoms with E-state index >= 15 is 0 Å². The van der Waals surface area contributed by atoms with E-state index < -0.39 is 0 Å². The number of primary amides is 1. The van der Waals surface area contributed by atoms with Crippen LogP contribution in [-0.2, 0) is 11.2 Å².